The summed E-state index contributed by atoms with van der Waals surface area (Å²) in [5.74, 6) is -0.289. The molecule has 1 aromatic carbocycles. The first kappa shape index (κ1) is 21.6. The van der Waals surface area contributed by atoms with Crippen LogP contribution in [0.5, 0.6) is 0 Å². The molecule has 3 aromatic heterocycles. The van der Waals surface area contributed by atoms with E-state index >= 15 is 0 Å². The van der Waals surface area contributed by atoms with Gasteiger partial charge in [0.25, 0.3) is 6.43 Å². The van der Waals surface area contributed by atoms with Gasteiger partial charge in [-0.3, -0.25) is 9.48 Å². The van der Waals surface area contributed by atoms with E-state index in [1.54, 1.807) is 11.6 Å². The molecule has 7 nitrogen and oxygen atoms in total. The fourth-order valence-corrected chi connectivity index (χ4v) is 3.88. The van der Waals surface area contributed by atoms with E-state index in [1.807, 2.05) is 51.2 Å². The van der Waals surface area contributed by atoms with Gasteiger partial charge in [-0.15, -0.1) is 0 Å². The summed E-state index contributed by atoms with van der Waals surface area (Å²) in [5.41, 5.74) is 4.44. The minimum Gasteiger partial charge on any atom is -0.350 e. The van der Waals surface area contributed by atoms with Crippen LogP contribution in [0.1, 0.15) is 34.6 Å². The molecule has 0 spiro atoms. The molecule has 0 unspecified atom stereocenters. The zero-order chi connectivity index (χ0) is 23.0. The van der Waals surface area contributed by atoms with Crippen molar-refractivity contribution in [2.75, 3.05) is 0 Å². The molecular weight excluding hydrogens is 414 g/mol. The highest BCUT2D eigenvalue weighted by molar-refractivity contribution is 5.87. The number of amides is 1. The van der Waals surface area contributed by atoms with Gasteiger partial charge in [0.2, 0.25) is 5.91 Å². The summed E-state index contributed by atoms with van der Waals surface area (Å²) >= 11 is 0. The maximum Gasteiger partial charge on any atom is 0.264 e. The Morgan fingerprint density at radius 1 is 1.09 bits per heavy atom. The standard InChI is InChI=1S/C23H24F2N6O/c1-13-18(15(3)30(4)28-13)11-26-20(32)12-31-23-21(14(2)29-31)17(22(24)25)10-19(27-23)16-8-6-5-7-9-16/h5-10,22H,11-12H2,1-4H3,(H,26,32). The molecule has 4 rings (SSSR count). The molecule has 0 atom stereocenters. The monoisotopic (exact) mass is 438 g/mol. The molecule has 1 amide bonds. The molecule has 3 heterocycles. The predicted molar refractivity (Wildman–Crippen MR) is 117 cm³/mol. The van der Waals surface area contributed by atoms with E-state index in [9.17, 15) is 13.6 Å². The van der Waals surface area contributed by atoms with Gasteiger partial charge >= 0.3 is 0 Å². The van der Waals surface area contributed by atoms with Crippen molar-refractivity contribution in [3.63, 3.8) is 0 Å². The molecule has 0 aliphatic heterocycles. The number of pyridine rings is 1. The van der Waals surface area contributed by atoms with Crippen LogP contribution in [0.2, 0.25) is 0 Å². The summed E-state index contributed by atoms with van der Waals surface area (Å²) in [6, 6.07) is 10.5. The van der Waals surface area contributed by atoms with Gasteiger partial charge in [0.1, 0.15) is 6.54 Å². The van der Waals surface area contributed by atoms with Gasteiger partial charge in [0.15, 0.2) is 5.65 Å². The molecular formula is C23H24F2N6O. The molecule has 0 aliphatic rings. The third kappa shape index (κ3) is 3.98. The number of fused-ring (bicyclic) bond motifs is 1. The topological polar surface area (TPSA) is 77.6 Å². The number of hydrogen-bond donors (Lipinski definition) is 1. The van der Waals surface area contributed by atoms with Crippen LogP contribution in [0.3, 0.4) is 0 Å². The number of nitrogens with zero attached hydrogens (tertiary/aromatic N) is 5. The van der Waals surface area contributed by atoms with E-state index in [-0.39, 0.29) is 29.0 Å². The Labute approximate surface area is 184 Å². The average molecular weight is 438 g/mol. The SMILES string of the molecule is Cc1nn(C)c(C)c1CNC(=O)Cn1nc(C)c2c(C(F)F)cc(-c3ccccc3)nc21. The van der Waals surface area contributed by atoms with Crippen LogP contribution in [0, 0.1) is 20.8 Å². The van der Waals surface area contributed by atoms with Gasteiger partial charge < -0.3 is 5.32 Å². The maximum atomic E-state index is 13.9. The maximum absolute atomic E-state index is 13.9. The number of aromatic nitrogens is 5. The van der Waals surface area contributed by atoms with Crippen LogP contribution < -0.4 is 5.32 Å². The number of rotatable bonds is 6. The second-order valence-corrected chi connectivity index (χ2v) is 7.75. The van der Waals surface area contributed by atoms with Crippen molar-refractivity contribution < 1.29 is 13.6 Å². The molecule has 4 aromatic rings. The van der Waals surface area contributed by atoms with Crippen LogP contribution in [-0.2, 0) is 24.9 Å². The molecule has 0 aliphatic carbocycles. The molecule has 0 saturated carbocycles. The van der Waals surface area contributed by atoms with Gasteiger partial charge in [0, 0.05) is 36.0 Å². The van der Waals surface area contributed by atoms with Crippen molar-refractivity contribution in [2.24, 2.45) is 7.05 Å². The van der Waals surface area contributed by atoms with Crippen molar-refractivity contribution >= 4 is 16.9 Å². The first-order valence-corrected chi connectivity index (χ1v) is 10.2. The van der Waals surface area contributed by atoms with Gasteiger partial charge in [-0.2, -0.15) is 10.2 Å². The number of carbonyl (C=O) groups excluding carboxylic acids is 1. The predicted octanol–water partition coefficient (Wildman–Crippen LogP) is 4.01. The first-order chi connectivity index (χ1) is 15.3. The minimum absolute atomic E-state index is 0.128. The van der Waals surface area contributed by atoms with Crippen molar-refractivity contribution in [1.29, 1.82) is 0 Å². The van der Waals surface area contributed by atoms with Gasteiger partial charge in [-0.1, -0.05) is 30.3 Å². The average Bonchev–Trinajstić information content (AvgIpc) is 3.21. The Morgan fingerprint density at radius 2 is 1.81 bits per heavy atom. The lowest BCUT2D eigenvalue weighted by molar-refractivity contribution is -0.121. The molecule has 0 radical (unpaired) electrons. The normalized spacial score (nSPS) is 11.5. The van der Waals surface area contributed by atoms with Crippen LogP contribution >= 0.6 is 0 Å². The van der Waals surface area contributed by atoms with E-state index < -0.39 is 6.43 Å². The molecule has 1 N–H and O–H groups in total. The largest absolute Gasteiger partial charge is 0.350 e. The lowest BCUT2D eigenvalue weighted by atomic mass is 10.1. The summed E-state index contributed by atoms with van der Waals surface area (Å²) in [7, 11) is 1.85. The highest BCUT2D eigenvalue weighted by Crippen LogP contribution is 2.33. The molecule has 0 bridgehead atoms. The minimum atomic E-state index is -2.69. The molecule has 9 heteroatoms. The van der Waals surface area contributed by atoms with E-state index in [4.69, 9.17) is 0 Å². The zero-order valence-corrected chi connectivity index (χ0v) is 18.4. The number of nitrogens with one attached hydrogen (secondary N) is 1. The fraction of sp³-hybridized carbons (Fsp3) is 0.304. The van der Waals surface area contributed by atoms with Crippen LogP contribution in [0.15, 0.2) is 36.4 Å². The lowest BCUT2D eigenvalue weighted by Gasteiger charge is -2.09. The molecule has 32 heavy (non-hydrogen) atoms. The summed E-state index contributed by atoms with van der Waals surface area (Å²) in [4.78, 5) is 17.3. The summed E-state index contributed by atoms with van der Waals surface area (Å²) in [5, 5.41) is 11.8. The number of alkyl halides is 2. The van der Waals surface area contributed by atoms with Gasteiger partial charge in [-0.05, 0) is 26.8 Å². The molecule has 0 saturated heterocycles. The summed E-state index contributed by atoms with van der Waals surface area (Å²) in [6.45, 7) is 5.67. The summed E-state index contributed by atoms with van der Waals surface area (Å²) < 4.78 is 30.9. The van der Waals surface area contributed by atoms with Gasteiger partial charge in [-0.25, -0.2) is 18.4 Å². The van der Waals surface area contributed by atoms with E-state index in [0.29, 0.717) is 23.5 Å². The smallest absolute Gasteiger partial charge is 0.264 e. The lowest BCUT2D eigenvalue weighted by Crippen LogP contribution is -2.28. The third-order valence-corrected chi connectivity index (χ3v) is 5.63. The van der Waals surface area contributed by atoms with Crippen molar-refractivity contribution in [2.45, 2.75) is 40.3 Å². The second kappa shape index (κ2) is 8.49. The van der Waals surface area contributed by atoms with Crippen LogP contribution in [0.4, 0.5) is 8.78 Å². The first-order valence-electron chi connectivity index (χ1n) is 10.2. The number of aryl methyl sites for hydroxylation is 3. The highest BCUT2D eigenvalue weighted by Gasteiger charge is 2.22. The van der Waals surface area contributed by atoms with Crippen molar-refractivity contribution in [3.8, 4) is 11.3 Å². The van der Waals surface area contributed by atoms with E-state index in [2.05, 4.69) is 20.5 Å². The zero-order valence-electron chi connectivity index (χ0n) is 18.4. The Bertz CT molecular complexity index is 1290. The molecule has 0 fully saturated rings. The Kier molecular flexibility index (Phi) is 5.73. The highest BCUT2D eigenvalue weighted by atomic mass is 19.3. The second-order valence-electron chi connectivity index (χ2n) is 7.75. The number of benzene rings is 1. The third-order valence-electron chi connectivity index (χ3n) is 5.63. The quantitative estimate of drug-likeness (QED) is 0.493. The Morgan fingerprint density at radius 3 is 2.44 bits per heavy atom. The van der Waals surface area contributed by atoms with Gasteiger partial charge in [0.05, 0.1) is 22.5 Å². The van der Waals surface area contributed by atoms with E-state index in [1.165, 1.54) is 10.7 Å². The number of hydrogen-bond acceptors (Lipinski definition) is 4. The fourth-order valence-electron chi connectivity index (χ4n) is 3.88. The van der Waals surface area contributed by atoms with Crippen molar-refractivity contribution in [3.05, 3.63) is 64.6 Å². The molecule has 166 valence electrons. The number of halogens is 2. The summed E-state index contributed by atoms with van der Waals surface area (Å²) in [6.07, 6.45) is -2.69. The Hall–Kier alpha value is -3.62. The van der Waals surface area contributed by atoms with Crippen LogP contribution in [0.25, 0.3) is 22.3 Å². The van der Waals surface area contributed by atoms with Crippen LogP contribution in [-0.4, -0.2) is 30.5 Å². The Balaban J connectivity index is 1.66. The number of carbonyl (C=O) groups is 1. The van der Waals surface area contributed by atoms with E-state index in [0.717, 1.165) is 17.0 Å². The van der Waals surface area contributed by atoms with Crippen molar-refractivity contribution in [1.82, 2.24) is 29.9 Å².